The van der Waals surface area contributed by atoms with Gasteiger partial charge in [0.2, 0.25) is 5.91 Å². The minimum Gasteiger partial charge on any atom is -0.399 e. The first-order valence-electron chi connectivity index (χ1n) is 4.95. The smallest absolute Gasteiger partial charge is 0.274 e. The van der Waals surface area contributed by atoms with E-state index in [2.05, 4.69) is 15.3 Å². The molecule has 1 aromatic heterocycles. The number of amides is 2. The van der Waals surface area contributed by atoms with Crippen LogP contribution in [0.1, 0.15) is 0 Å². The third-order valence-corrected chi connectivity index (χ3v) is 3.20. The van der Waals surface area contributed by atoms with Gasteiger partial charge in [0.05, 0.1) is 5.00 Å². The molecule has 90 valence electrons. The summed E-state index contributed by atoms with van der Waals surface area (Å²) in [5.74, 6) is -0.522. The van der Waals surface area contributed by atoms with Crippen molar-refractivity contribution in [1.82, 2.24) is 5.32 Å². The maximum Gasteiger partial charge on any atom is 0.274 e. The van der Waals surface area contributed by atoms with Crippen LogP contribution in [0.25, 0.3) is 0 Å². The fraction of sp³-hybridized carbons (Fsp3) is 0.300. The summed E-state index contributed by atoms with van der Waals surface area (Å²) in [6.07, 6.45) is 1.06. The number of anilines is 1. The van der Waals surface area contributed by atoms with Gasteiger partial charge in [-0.1, -0.05) is 5.16 Å². The fourth-order valence-corrected chi connectivity index (χ4v) is 2.25. The van der Waals surface area contributed by atoms with Crippen molar-refractivity contribution in [2.24, 2.45) is 5.16 Å². The fourth-order valence-electron chi connectivity index (χ4n) is 1.47. The number of hydrogen-bond donors (Lipinski definition) is 1. The van der Waals surface area contributed by atoms with Crippen LogP contribution in [0.15, 0.2) is 22.7 Å². The number of hydrogen-bond acceptors (Lipinski definition) is 5. The van der Waals surface area contributed by atoms with Crippen LogP contribution in [-0.4, -0.2) is 37.7 Å². The Morgan fingerprint density at radius 2 is 2.59 bits per heavy atom. The van der Waals surface area contributed by atoms with Gasteiger partial charge in [0.15, 0.2) is 0 Å². The predicted octanol–water partition coefficient (Wildman–Crippen LogP) is 0.212. The molecular weight excluding hydrogens is 242 g/mol. The summed E-state index contributed by atoms with van der Waals surface area (Å²) in [4.78, 5) is 29.2. The molecule has 0 aliphatic carbocycles. The number of oxime groups is 1. The minimum atomic E-state index is -0.454. The third-order valence-electron chi connectivity index (χ3n) is 2.33. The van der Waals surface area contributed by atoms with E-state index in [1.807, 2.05) is 11.4 Å². The lowest BCUT2D eigenvalue weighted by molar-refractivity contribution is -0.129. The zero-order chi connectivity index (χ0) is 12.3. The predicted molar refractivity (Wildman–Crippen MR) is 64.1 cm³/mol. The molecule has 0 aromatic carbocycles. The van der Waals surface area contributed by atoms with Crippen molar-refractivity contribution in [1.29, 1.82) is 0 Å². The van der Waals surface area contributed by atoms with Crippen LogP contribution < -0.4 is 10.2 Å². The van der Waals surface area contributed by atoms with Gasteiger partial charge in [0.1, 0.15) is 19.4 Å². The number of carbonyl (C=O) groups excluding carboxylic acids is 2. The number of nitrogens with one attached hydrogen (secondary N) is 1. The molecule has 1 aliphatic rings. The van der Waals surface area contributed by atoms with Gasteiger partial charge in [-0.05, 0) is 17.5 Å². The number of rotatable bonds is 4. The lowest BCUT2D eigenvalue weighted by atomic mass is 10.1. The van der Waals surface area contributed by atoms with Gasteiger partial charge in [-0.25, -0.2) is 0 Å². The van der Waals surface area contributed by atoms with Crippen LogP contribution in [-0.2, 0) is 14.4 Å². The summed E-state index contributed by atoms with van der Waals surface area (Å²) in [7, 11) is 1.36. The van der Waals surface area contributed by atoms with Gasteiger partial charge in [0.25, 0.3) is 5.91 Å². The molecule has 2 rings (SSSR count). The third kappa shape index (κ3) is 2.28. The summed E-state index contributed by atoms with van der Waals surface area (Å²) in [5, 5.41) is 8.60. The van der Waals surface area contributed by atoms with E-state index < -0.39 is 6.04 Å². The van der Waals surface area contributed by atoms with Gasteiger partial charge in [0, 0.05) is 6.54 Å². The second-order valence-corrected chi connectivity index (χ2v) is 4.26. The van der Waals surface area contributed by atoms with E-state index in [1.54, 1.807) is 6.07 Å². The largest absolute Gasteiger partial charge is 0.399 e. The molecule has 1 unspecified atom stereocenters. The zero-order valence-corrected chi connectivity index (χ0v) is 9.94. The molecule has 17 heavy (non-hydrogen) atoms. The summed E-state index contributed by atoms with van der Waals surface area (Å²) >= 11 is 1.40. The molecule has 1 aliphatic heterocycles. The van der Waals surface area contributed by atoms with E-state index in [0.717, 1.165) is 11.2 Å². The monoisotopic (exact) mass is 253 g/mol. The lowest BCUT2D eigenvalue weighted by Gasteiger charge is -2.34. The van der Waals surface area contributed by atoms with E-state index in [1.165, 1.54) is 23.3 Å². The Labute approximate surface area is 102 Å². The summed E-state index contributed by atoms with van der Waals surface area (Å²) in [6.45, 7) is 0.462. The maximum absolute atomic E-state index is 11.9. The van der Waals surface area contributed by atoms with E-state index in [0.29, 0.717) is 6.54 Å². The molecule has 1 atom stereocenters. The van der Waals surface area contributed by atoms with Crippen molar-refractivity contribution in [2.45, 2.75) is 6.04 Å². The van der Waals surface area contributed by atoms with Crippen LogP contribution in [0, 0.1) is 0 Å². The second kappa shape index (κ2) is 4.96. The van der Waals surface area contributed by atoms with Crippen molar-refractivity contribution in [2.75, 3.05) is 18.6 Å². The number of β-lactam (4-membered cyclic amide) rings is 1. The molecule has 1 saturated heterocycles. The Bertz CT molecular complexity index is 444. The average Bonchev–Trinajstić information content (AvgIpc) is 2.84. The van der Waals surface area contributed by atoms with Crippen LogP contribution in [0.4, 0.5) is 5.00 Å². The molecule has 0 radical (unpaired) electrons. The Kier molecular flexibility index (Phi) is 3.38. The SMILES string of the molecule is CON=CC(=O)N(c1cccs1)C1CNC1=O. The van der Waals surface area contributed by atoms with Gasteiger partial charge >= 0.3 is 0 Å². The lowest BCUT2D eigenvalue weighted by Crippen LogP contribution is -2.63. The van der Waals surface area contributed by atoms with E-state index in [4.69, 9.17) is 0 Å². The van der Waals surface area contributed by atoms with Gasteiger partial charge in [-0.15, -0.1) is 11.3 Å². The van der Waals surface area contributed by atoms with Crippen LogP contribution in [0.3, 0.4) is 0 Å². The van der Waals surface area contributed by atoms with E-state index >= 15 is 0 Å². The highest BCUT2D eigenvalue weighted by Crippen LogP contribution is 2.25. The highest BCUT2D eigenvalue weighted by Gasteiger charge is 2.37. The molecule has 0 saturated carbocycles. The van der Waals surface area contributed by atoms with Crippen molar-refractivity contribution < 1.29 is 14.4 Å². The van der Waals surface area contributed by atoms with Crippen molar-refractivity contribution in [3.8, 4) is 0 Å². The van der Waals surface area contributed by atoms with Gasteiger partial charge < -0.3 is 10.2 Å². The Morgan fingerprint density at radius 3 is 3.06 bits per heavy atom. The topological polar surface area (TPSA) is 71.0 Å². The highest BCUT2D eigenvalue weighted by molar-refractivity contribution is 7.14. The standard InChI is InChI=1S/C10H11N3O3S/c1-16-12-6-8(14)13(7-5-11-10(7)15)9-3-2-4-17-9/h2-4,6-7H,5H2,1H3,(H,11,15). The van der Waals surface area contributed by atoms with Crippen molar-refractivity contribution in [3.05, 3.63) is 17.5 Å². The van der Waals surface area contributed by atoms with Crippen LogP contribution in [0.5, 0.6) is 0 Å². The van der Waals surface area contributed by atoms with Crippen LogP contribution >= 0.6 is 11.3 Å². The summed E-state index contributed by atoms with van der Waals surface area (Å²) in [6, 6.07) is 3.16. The number of nitrogens with zero attached hydrogens (tertiary/aromatic N) is 2. The summed E-state index contributed by atoms with van der Waals surface area (Å²) in [5.41, 5.74) is 0. The summed E-state index contributed by atoms with van der Waals surface area (Å²) < 4.78 is 0. The molecule has 6 nitrogen and oxygen atoms in total. The first-order chi connectivity index (χ1) is 8.24. The first kappa shape index (κ1) is 11.6. The second-order valence-electron chi connectivity index (χ2n) is 3.34. The highest BCUT2D eigenvalue weighted by atomic mass is 32.1. The molecule has 0 spiro atoms. The van der Waals surface area contributed by atoms with E-state index in [9.17, 15) is 9.59 Å². The Balaban J connectivity index is 2.21. The number of carbonyl (C=O) groups is 2. The Morgan fingerprint density at radius 1 is 1.76 bits per heavy atom. The molecule has 2 amide bonds. The maximum atomic E-state index is 11.9. The van der Waals surface area contributed by atoms with Crippen molar-refractivity contribution in [3.63, 3.8) is 0 Å². The molecule has 0 bridgehead atoms. The molecular formula is C10H11N3O3S. The molecule has 1 aromatic rings. The van der Waals surface area contributed by atoms with Crippen LogP contribution in [0.2, 0.25) is 0 Å². The minimum absolute atomic E-state index is 0.155. The number of thiophene rings is 1. The molecule has 2 heterocycles. The zero-order valence-electron chi connectivity index (χ0n) is 9.12. The Hall–Kier alpha value is -1.89. The molecule has 1 N–H and O–H groups in total. The van der Waals surface area contributed by atoms with E-state index in [-0.39, 0.29) is 11.8 Å². The first-order valence-corrected chi connectivity index (χ1v) is 5.83. The average molecular weight is 253 g/mol. The normalized spacial score (nSPS) is 18.6. The van der Waals surface area contributed by atoms with Gasteiger partial charge in [-0.2, -0.15) is 0 Å². The van der Waals surface area contributed by atoms with Crippen molar-refractivity contribution >= 4 is 34.4 Å². The molecule has 1 fully saturated rings. The molecule has 7 heteroatoms. The van der Waals surface area contributed by atoms with Gasteiger partial charge in [-0.3, -0.25) is 14.5 Å². The quantitative estimate of drug-likeness (QED) is 0.474.